The molecule has 1 amide bonds. The van der Waals surface area contributed by atoms with E-state index in [0.29, 0.717) is 13.1 Å². The van der Waals surface area contributed by atoms with Crippen LogP contribution in [0.15, 0.2) is 24.4 Å². The molecule has 0 radical (unpaired) electrons. The zero-order valence-electron chi connectivity index (χ0n) is 17.2. The highest BCUT2D eigenvalue weighted by molar-refractivity contribution is 5.87. The van der Waals surface area contributed by atoms with Gasteiger partial charge in [-0.3, -0.25) is 0 Å². The molecule has 0 spiro atoms. The minimum atomic E-state index is -0.485. The van der Waals surface area contributed by atoms with Crippen LogP contribution >= 0.6 is 0 Å². The Kier molecular flexibility index (Phi) is 4.91. The van der Waals surface area contributed by atoms with Gasteiger partial charge in [0.05, 0.1) is 11.7 Å². The Labute approximate surface area is 166 Å². The molecular formula is C22H29N3O3. The van der Waals surface area contributed by atoms with E-state index in [2.05, 4.69) is 30.2 Å². The highest BCUT2D eigenvalue weighted by Crippen LogP contribution is 2.32. The van der Waals surface area contributed by atoms with Crippen LogP contribution < -0.4 is 0 Å². The Bertz CT molecular complexity index is 917. The molecule has 0 N–H and O–H groups in total. The number of hydrogen-bond acceptors (Lipinski definition) is 4. The number of amides is 1. The van der Waals surface area contributed by atoms with Gasteiger partial charge in [0, 0.05) is 25.1 Å². The molecule has 3 heterocycles. The topological polar surface area (TPSA) is 56.6 Å². The standard InChI is InChI=1S/C22H29N3O3/c1-15-11-17-13-23-25(20-7-5-6-10-27-20)19(17)12-18(15)16-8-9-24(14-16)21(26)28-22(2,3)4/h8,11-13,20H,5-7,9-10,14H2,1-4H3. The minimum absolute atomic E-state index is 0.0117. The van der Waals surface area contributed by atoms with E-state index in [1.165, 1.54) is 12.0 Å². The van der Waals surface area contributed by atoms with Crippen molar-refractivity contribution >= 4 is 22.6 Å². The zero-order chi connectivity index (χ0) is 19.9. The molecule has 4 rings (SSSR count). The van der Waals surface area contributed by atoms with Gasteiger partial charge in [-0.15, -0.1) is 0 Å². The first-order valence-electron chi connectivity index (χ1n) is 10.1. The van der Waals surface area contributed by atoms with Crippen molar-refractivity contribution in [3.05, 3.63) is 35.5 Å². The van der Waals surface area contributed by atoms with Crippen molar-refractivity contribution in [3.8, 4) is 0 Å². The van der Waals surface area contributed by atoms with Gasteiger partial charge >= 0.3 is 6.09 Å². The molecule has 28 heavy (non-hydrogen) atoms. The van der Waals surface area contributed by atoms with Crippen LogP contribution in [0.2, 0.25) is 0 Å². The highest BCUT2D eigenvalue weighted by atomic mass is 16.6. The van der Waals surface area contributed by atoms with Crippen molar-refractivity contribution in [3.63, 3.8) is 0 Å². The summed E-state index contributed by atoms with van der Waals surface area (Å²) in [7, 11) is 0. The van der Waals surface area contributed by atoms with Crippen molar-refractivity contribution in [2.24, 2.45) is 0 Å². The Balaban J connectivity index is 1.59. The van der Waals surface area contributed by atoms with Gasteiger partial charge in [-0.1, -0.05) is 6.08 Å². The number of ether oxygens (including phenoxy) is 2. The van der Waals surface area contributed by atoms with Crippen molar-refractivity contribution < 1.29 is 14.3 Å². The summed E-state index contributed by atoms with van der Waals surface area (Å²) in [5.74, 6) is 0. The van der Waals surface area contributed by atoms with E-state index >= 15 is 0 Å². The maximum Gasteiger partial charge on any atom is 0.410 e. The Hall–Kier alpha value is -2.34. The number of rotatable bonds is 2. The van der Waals surface area contributed by atoms with Crippen LogP contribution in [0.4, 0.5) is 4.79 Å². The number of aryl methyl sites for hydroxylation is 1. The lowest BCUT2D eigenvalue weighted by Gasteiger charge is -2.25. The molecule has 1 aromatic carbocycles. The SMILES string of the molecule is Cc1cc2cnn(C3CCCCO3)c2cc1C1=CCN(C(=O)OC(C)(C)C)C1. The van der Waals surface area contributed by atoms with Crippen molar-refractivity contribution in [1.82, 2.24) is 14.7 Å². The summed E-state index contributed by atoms with van der Waals surface area (Å²) in [6, 6.07) is 4.37. The van der Waals surface area contributed by atoms with Gasteiger partial charge in [-0.25, -0.2) is 9.48 Å². The lowest BCUT2D eigenvalue weighted by molar-refractivity contribution is -0.0366. The third-order valence-corrected chi connectivity index (χ3v) is 5.29. The average Bonchev–Trinajstić information content (AvgIpc) is 3.27. The summed E-state index contributed by atoms with van der Waals surface area (Å²) in [4.78, 5) is 14.1. The summed E-state index contributed by atoms with van der Waals surface area (Å²) in [6.45, 7) is 9.72. The van der Waals surface area contributed by atoms with Gasteiger partial charge in [0.2, 0.25) is 0 Å². The molecular weight excluding hydrogens is 354 g/mol. The number of hydrogen-bond donors (Lipinski definition) is 0. The Morgan fingerprint density at radius 3 is 2.82 bits per heavy atom. The van der Waals surface area contributed by atoms with Gasteiger partial charge in [0.25, 0.3) is 0 Å². The molecule has 150 valence electrons. The maximum absolute atomic E-state index is 12.4. The van der Waals surface area contributed by atoms with E-state index < -0.39 is 5.60 Å². The van der Waals surface area contributed by atoms with Crippen LogP contribution in [0, 0.1) is 6.92 Å². The second-order valence-electron chi connectivity index (χ2n) is 8.73. The summed E-state index contributed by atoms with van der Waals surface area (Å²) < 4.78 is 13.5. The molecule has 0 aliphatic carbocycles. The van der Waals surface area contributed by atoms with Crippen molar-refractivity contribution in [2.45, 2.75) is 58.8 Å². The molecule has 1 fully saturated rings. The van der Waals surface area contributed by atoms with Crippen molar-refractivity contribution in [1.29, 1.82) is 0 Å². The fourth-order valence-corrected chi connectivity index (χ4v) is 3.92. The fraction of sp³-hybridized carbons (Fsp3) is 0.545. The molecule has 1 unspecified atom stereocenters. The van der Waals surface area contributed by atoms with E-state index in [1.807, 2.05) is 31.6 Å². The Morgan fingerprint density at radius 2 is 2.11 bits per heavy atom. The molecule has 2 aliphatic heterocycles. The lowest BCUT2D eigenvalue weighted by Crippen LogP contribution is -2.35. The summed E-state index contributed by atoms with van der Waals surface area (Å²) in [5, 5.41) is 5.72. The quantitative estimate of drug-likeness (QED) is 0.756. The fourth-order valence-electron chi connectivity index (χ4n) is 3.92. The number of fused-ring (bicyclic) bond motifs is 1. The Morgan fingerprint density at radius 1 is 1.29 bits per heavy atom. The second-order valence-corrected chi connectivity index (χ2v) is 8.73. The van der Waals surface area contributed by atoms with E-state index in [1.54, 1.807) is 4.90 Å². The van der Waals surface area contributed by atoms with Gasteiger partial charge in [-0.05, 0) is 75.8 Å². The van der Waals surface area contributed by atoms with Gasteiger partial charge < -0.3 is 14.4 Å². The van der Waals surface area contributed by atoms with Crippen LogP contribution in [-0.2, 0) is 9.47 Å². The van der Waals surface area contributed by atoms with Crippen LogP contribution in [0.1, 0.15) is 57.4 Å². The molecule has 2 aromatic rings. The van der Waals surface area contributed by atoms with Gasteiger partial charge in [-0.2, -0.15) is 5.10 Å². The van der Waals surface area contributed by atoms with Gasteiger partial charge in [0.15, 0.2) is 6.23 Å². The zero-order valence-corrected chi connectivity index (χ0v) is 17.2. The third kappa shape index (κ3) is 3.78. The lowest BCUT2D eigenvalue weighted by atomic mass is 9.99. The maximum atomic E-state index is 12.4. The van der Waals surface area contributed by atoms with Gasteiger partial charge in [0.1, 0.15) is 5.60 Å². The molecule has 1 aromatic heterocycles. The number of carbonyl (C=O) groups is 1. The van der Waals surface area contributed by atoms with E-state index in [9.17, 15) is 4.79 Å². The highest BCUT2D eigenvalue weighted by Gasteiger charge is 2.27. The first-order chi connectivity index (χ1) is 13.3. The number of benzene rings is 1. The first kappa shape index (κ1) is 19.0. The molecule has 2 aliphatic rings. The smallest absolute Gasteiger partial charge is 0.410 e. The van der Waals surface area contributed by atoms with Crippen LogP contribution in [0.3, 0.4) is 0 Å². The summed E-state index contributed by atoms with van der Waals surface area (Å²) in [5.41, 5.74) is 4.11. The normalized spacial score (nSPS) is 20.5. The monoisotopic (exact) mass is 383 g/mol. The molecule has 1 saturated heterocycles. The minimum Gasteiger partial charge on any atom is -0.444 e. The molecule has 6 heteroatoms. The second kappa shape index (κ2) is 7.24. The number of aromatic nitrogens is 2. The summed E-state index contributed by atoms with van der Waals surface area (Å²) in [6.07, 6.45) is 7.06. The number of nitrogens with zero attached hydrogens (tertiary/aromatic N) is 3. The summed E-state index contributed by atoms with van der Waals surface area (Å²) >= 11 is 0. The molecule has 0 saturated carbocycles. The van der Waals surface area contributed by atoms with Crippen molar-refractivity contribution in [2.75, 3.05) is 19.7 Å². The predicted octanol–water partition coefficient (Wildman–Crippen LogP) is 4.68. The van der Waals surface area contributed by atoms with E-state index in [-0.39, 0.29) is 12.3 Å². The van der Waals surface area contributed by atoms with E-state index in [0.717, 1.165) is 41.5 Å². The van der Waals surface area contributed by atoms with Crippen LogP contribution in [0.25, 0.3) is 16.5 Å². The van der Waals surface area contributed by atoms with Crippen LogP contribution in [-0.4, -0.2) is 46.1 Å². The average molecular weight is 383 g/mol. The van der Waals surface area contributed by atoms with E-state index in [4.69, 9.17) is 9.47 Å². The largest absolute Gasteiger partial charge is 0.444 e. The molecule has 6 nitrogen and oxygen atoms in total. The molecule has 1 atom stereocenters. The predicted molar refractivity (Wildman–Crippen MR) is 109 cm³/mol. The van der Waals surface area contributed by atoms with Crippen LogP contribution in [0.5, 0.6) is 0 Å². The third-order valence-electron chi connectivity index (χ3n) is 5.29. The first-order valence-corrected chi connectivity index (χ1v) is 10.1. The molecule has 0 bridgehead atoms. The number of carbonyl (C=O) groups excluding carboxylic acids is 1.